The lowest BCUT2D eigenvalue weighted by molar-refractivity contribution is 0.107. The van der Waals surface area contributed by atoms with Crippen molar-refractivity contribution in [1.29, 1.82) is 0 Å². The van der Waals surface area contributed by atoms with Gasteiger partial charge in [-0.05, 0) is 37.8 Å². The molecule has 0 spiro atoms. The van der Waals surface area contributed by atoms with Crippen molar-refractivity contribution in [3.8, 4) is 0 Å². The monoisotopic (exact) mass is 317 g/mol. The molecule has 2 aromatic rings. The number of fused-ring (bicyclic) bond motifs is 1. The summed E-state index contributed by atoms with van der Waals surface area (Å²) < 4.78 is 7.93. The highest BCUT2D eigenvalue weighted by Crippen LogP contribution is 2.37. The molecule has 0 N–H and O–H groups in total. The quantitative estimate of drug-likeness (QED) is 0.866. The molecule has 1 fully saturated rings. The Morgan fingerprint density at radius 1 is 1.45 bits per heavy atom. The zero-order valence-electron chi connectivity index (χ0n) is 13.1. The molecule has 0 saturated carbocycles. The maximum atomic E-state index is 5.73. The van der Waals surface area contributed by atoms with Gasteiger partial charge >= 0.3 is 0 Å². The lowest BCUT2D eigenvalue weighted by Gasteiger charge is -2.24. The lowest BCUT2D eigenvalue weighted by atomic mass is 10.0. The van der Waals surface area contributed by atoms with Crippen molar-refractivity contribution < 1.29 is 4.74 Å². The number of ether oxygens (including phenoxy) is 1. The van der Waals surface area contributed by atoms with E-state index in [0.29, 0.717) is 6.04 Å². The van der Waals surface area contributed by atoms with Gasteiger partial charge in [-0.2, -0.15) is 5.10 Å². The first-order chi connectivity index (χ1) is 10.9. The molecule has 2 aromatic heterocycles. The van der Waals surface area contributed by atoms with E-state index in [2.05, 4.69) is 34.0 Å². The number of likely N-dealkylation sites (tertiary alicyclic amines) is 1. The predicted molar refractivity (Wildman–Crippen MR) is 88.0 cm³/mol. The maximum absolute atomic E-state index is 5.73. The van der Waals surface area contributed by atoms with Gasteiger partial charge in [-0.25, -0.2) is 0 Å². The highest BCUT2D eigenvalue weighted by molar-refractivity contribution is 7.09. The van der Waals surface area contributed by atoms with Crippen molar-refractivity contribution in [2.45, 2.75) is 51.9 Å². The molecule has 5 heteroatoms. The standard InChI is InChI=1S/C17H23N3OS/c1-2-20-15-7-9-21-12-14(15)17(18-20)16-6-3-8-19(16)11-13-5-4-10-22-13/h4-5,10,16H,2-3,6-9,11-12H2,1H3. The summed E-state index contributed by atoms with van der Waals surface area (Å²) in [5.41, 5.74) is 4.06. The number of thiophene rings is 1. The van der Waals surface area contributed by atoms with Crippen molar-refractivity contribution >= 4 is 11.3 Å². The van der Waals surface area contributed by atoms with E-state index >= 15 is 0 Å². The Hall–Kier alpha value is -1.17. The van der Waals surface area contributed by atoms with Gasteiger partial charge in [-0.3, -0.25) is 9.58 Å². The fourth-order valence-corrected chi connectivity index (χ4v) is 4.52. The van der Waals surface area contributed by atoms with Gasteiger partial charge in [-0.15, -0.1) is 11.3 Å². The average molecular weight is 317 g/mol. The van der Waals surface area contributed by atoms with Crippen LogP contribution in [0.15, 0.2) is 17.5 Å². The van der Waals surface area contributed by atoms with Gasteiger partial charge in [0.25, 0.3) is 0 Å². The van der Waals surface area contributed by atoms with Gasteiger partial charge < -0.3 is 4.74 Å². The molecule has 0 aliphatic carbocycles. The first-order valence-electron chi connectivity index (χ1n) is 8.29. The summed E-state index contributed by atoms with van der Waals surface area (Å²) in [5.74, 6) is 0. The summed E-state index contributed by atoms with van der Waals surface area (Å²) in [4.78, 5) is 4.05. The molecule has 1 unspecified atom stereocenters. The first kappa shape index (κ1) is 14.4. The van der Waals surface area contributed by atoms with E-state index in [1.165, 1.54) is 41.2 Å². The Bertz CT molecular complexity index is 635. The SMILES string of the molecule is CCn1nc(C2CCCN2Cc2cccs2)c2c1CCOC2. The second-order valence-corrected chi connectivity index (χ2v) is 7.17. The molecule has 0 radical (unpaired) electrons. The molecule has 2 aliphatic rings. The fourth-order valence-electron chi connectivity index (χ4n) is 3.79. The van der Waals surface area contributed by atoms with E-state index in [9.17, 15) is 0 Å². The van der Waals surface area contributed by atoms with Crippen molar-refractivity contribution in [1.82, 2.24) is 14.7 Å². The van der Waals surface area contributed by atoms with E-state index in [0.717, 1.165) is 32.7 Å². The van der Waals surface area contributed by atoms with E-state index in [4.69, 9.17) is 9.84 Å². The largest absolute Gasteiger partial charge is 0.376 e. The average Bonchev–Trinajstić information content (AvgIpc) is 3.27. The first-order valence-corrected chi connectivity index (χ1v) is 9.17. The smallest absolute Gasteiger partial charge is 0.0854 e. The van der Waals surface area contributed by atoms with Gasteiger partial charge in [0, 0.05) is 35.6 Å². The summed E-state index contributed by atoms with van der Waals surface area (Å²) >= 11 is 1.85. The van der Waals surface area contributed by atoms with Gasteiger partial charge in [0.05, 0.1) is 24.9 Å². The Morgan fingerprint density at radius 3 is 3.23 bits per heavy atom. The minimum absolute atomic E-state index is 0.463. The van der Waals surface area contributed by atoms with Crippen molar-refractivity contribution in [2.24, 2.45) is 0 Å². The number of hydrogen-bond acceptors (Lipinski definition) is 4. The predicted octanol–water partition coefficient (Wildman–Crippen LogP) is 3.37. The van der Waals surface area contributed by atoms with Crippen LogP contribution in [-0.2, 0) is 30.9 Å². The van der Waals surface area contributed by atoms with Crippen molar-refractivity contribution in [2.75, 3.05) is 13.2 Å². The van der Waals surface area contributed by atoms with Crippen LogP contribution in [-0.4, -0.2) is 27.8 Å². The molecule has 0 aromatic carbocycles. The van der Waals surface area contributed by atoms with E-state index in [-0.39, 0.29) is 0 Å². The molecule has 1 saturated heterocycles. The summed E-state index contributed by atoms with van der Waals surface area (Å²) in [6.07, 6.45) is 3.50. The summed E-state index contributed by atoms with van der Waals surface area (Å²) in [7, 11) is 0. The third-order valence-electron chi connectivity index (χ3n) is 4.85. The minimum atomic E-state index is 0.463. The molecule has 1 atom stereocenters. The van der Waals surface area contributed by atoms with Crippen LogP contribution in [0.1, 0.15) is 47.6 Å². The number of aryl methyl sites for hydroxylation is 1. The lowest BCUT2D eigenvalue weighted by Crippen LogP contribution is -2.24. The molecular formula is C17H23N3OS. The zero-order chi connectivity index (χ0) is 14.9. The van der Waals surface area contributed by atoms with Crippen LogP contribution >= 0.6 is 11.3 Å². The second kappa shape index (κ2) is 6.14. The Kier molecular flexibility index (Phi) is 4.03. The van der Waals surface area contributed by atoms with Crippen LogP contribution in [0.4, 0.5) is 0 Å². The normalized spacial score (nSPS) is 22.1. The van der Waals surface area contributed by atoms with E-state index in [1.807, 2.05) is 11.3 Å². The molecule has 0 amide bonds. The molecule has 118 valence electrons. The highest BCUT2D eigenvalue weighted by atomic mass is 32.1. The van der Waals surface area contributed by atoms with Crippen LogP contribution in [0.5, 0.6) is 0 Å². The number of aromatic nitrogens is 2. The third kappa shape index (κ3) is 2.51. The van der Waals surface area contributed by atoms with Crippen LogP contribution < -0.4 is 0 Å². The topological polar surface area (TPSA) is 30.3 Å². The summed E-state index contributed by atoms with van der Waals surface area (Å²) in [5, 5.41) is 7.14. The highest BCUT2D eigenvalue weighted by Gasteiger charge is 2.33. The number of hydrogen-bond donors (Lipinski definition) is 0. The van der Waals surface area contributed by atoms with Crippen molar-refractivity contribution in [3.63, 3.8) is 0 Å². The zero-order valence-corrected chi connectivity index (χ0v) is 13.9. The number of nitrogens with zero attached hydrogens (tertiary/aromatic N) is 3. The Labute approximate surface area is 135 Å². The van der Waals surface area contributed by atoms with Crippen molar-refractivity contribution in [3.05, 3.63) is 39.3 Å². The third-order valence-corrected chi connectivity index (χ3v) is 5.71. The van der Waals surface area contributed by atoms with Gasteiger partial charge in [0.1, 0.15) is 0 Å². The van der Waals surface area contributed by atoms with Crippen LogP contribution in [0, 0.1) is 0 Å². The Balaban J connectivity index is 1.64. The van der Waals surface area contributed by atoms with Gasteiger partial charge in [-0.1, -0.05) is 6.07 Å². The molecule has 0 bridgehead atoms. The minimum Gasteiger partial charge on any atom is -0.376 e. The van der Waals surface area contributed by atoms with E-state index < -0.39 is 0 Å². The van der Waals surface area contributed by atoms with Gasteiger partial charge in [0.2, 0.25) is 0 Å². The van der Waals surface area contributed by atoms with E-state index in [1.54, 1.807) is 0 Å². The maximum Gasteiger partial charge on any atom is 0.0854 e. The molecule has 4 rings (SSSR count). The molecule has 4 nitrogen and oxygen atoms in total. The molecule has 4 heterocycles. The summed E-state index contributed by atoms with van der Waals surface area (Å²) in [6, 6.07) is 4.85. The molecule has 2 aliphatic heterocycles. The molecule has 22 heavy (non-hydrogen) atoms. The summed E-state index contributed by atoms with van der Waals surface area (Å²) in [6.45, 7) is 6.95. The number of rotatable bonds is 4. The fraction of sp³-hybridized carbons (Fsp3) is 0.588. The van der Waals surface area contributed by atoms with Crippen LogP contribution in [0.25, 0.3) is 0 Å². The second-order valence-electron chi connectivity index (χ2n) is 6.14. The Morgan fingerprint density at radius 2 is 2.41 bits per heavy atom. The van der Waals surface area contributed by atoms with Crippen LogP contribution in [0.3, 0.4) is 0 Å². The van der Waals surface area contributed by atoms with Crippen LogP contribution in [0.2, 0.25) is 0 Å². The molecular weight excluding hydrogens is 294 g/mol. The van der Waals surface area contributed by atoms with Gasteiger partial charge in [0.15, 0.2) is 0 Å².